The fraction of sp³-hybridized carbons (Fsp3) is 0.143. The van der Waals surface area contributed by atoms with Crippen LogP contribution in [0, 0.1) is 0 Å². The number of benzene rings is 1. The van der Waals surface area contributed by atoms with E-state index in [0.717, 1.165) is 10.2 Å². The number of furan rings is 1. The Balaban J connectivity index is 1.82. The Bertz CT molecular complexity index is 767. The van der Waals surface area contributed by atoms with E-state index >= 15 is 0 Å². The molecule has 3 rings (SSSR count). The molecule has 1 unspecified atom stereocenters. The molecule has 0 aliphatic rings. The smallest absolute Gasteiger partial charge is 0.287 e. The molecule has 0 bridgehead atoms. The van der Waals surface area contributed by atoms with Crippen LogP contribution in [0.5, 0.6) is 0 Å². The summed E-state index contributed by atoms with van der Waals surface area (Å²) in [5.74, 6) is 0.458. The molecule has 22 heavy (non-hydrogen) atoms. The minimum Gasteiger partial charge on any atom is -0.459 e. The van der Waals surface area contributed by atoms with E-state index in [9.17, 15) is 4.79 Å². The van der Waals surface area contributed by atoms with Gasteiger partial charge in [0.1, 0.15) is 0 Å². The van der Waals surface area contributed by atoms with Gasteiger partial charge in [-0.05, 0) is 53.7 Å². The number of rotatable bonds is 4. The van der Waals surface area contributed by atoms with Gasteiger partial charge >= 0.3 is 0 Å². The van der Waals surface area contributed by atoms with E-state index in [2.05, 4.69) is 36.8 Å². The molecule has 1 N–H and O–H groups in total. The van der Waals surface area contributed by atoms with Crippen LogP contribution in [0.4, 0.5) is 0 Å². The van der Waals surface area contributed by atoms with Crippen molar-refractivity contribution in [2.75, 3.05) is 0 Å². The molecule has 0 radical (unpaired) electrons. The zero-order valence-electron chi connectivity index (χ0n) is 11.6. The molecule has 0 aliphatic carbocycles. The molecule has 112 valence electrons. The van der Waals surface area contributed by atoms with Crippen molar-refractivity contribution in [1.82, 2.24) is 25.5 Å². The van der Waals surface area contributed by atoms with Crippen LogP contribution in [0.15, 0.2) is 51.6 Å². The summed E-state index contributed by atoms with van der Waals surface area (Å²) in [5, 5.41) is 14.5. The number of nitrogens with one attached hydrogen (secondary N) is 1. The SMILES string of the molecule is CC(NC(=O)c1ccco1)c1nnnn1-c1ccc(Br)cc1. The quantitative estimate of drug-likeness (QED) is 0.771. The summed E-state index contributed by atoms with van der Waals surface area (Å²) in [5.41, 5.74) is 0.808. The summed E-state index contributed by atoms with van der Waals surface area (Å²) in [6.45, 7) is 1.81. The third kappa shape index (κ3) is 2.91. The normalized spacial score (nSPS) is 12.1. The average Bonchev–Trinajstić information content (AvgIpc) is 3.19. The van der Waals surface area contributed by atoms with Gasteiger partial charge in [0.2, 0.25) is 0 Å². The molecule has 0 saturated carbocycles. The molecular weight excluding hydrogens is 350 g/mol. The molecule has 2 aromatic heterocycles. The van der Waals surface area contributed by atoms with E-state index < -0.39 is 0 Å². The highest BCUT2D eigenvalue weighted by Crippen LogP contribution is 2.17. The maximum atomic E-state index is 12.0. The van der Waals surface area contributed by atoms with Crippen LogP contribution in [0.1, 0.15) is 29.3 Å². The predicted molar refractivity (Wildman–Crippen MR) is 81.4 cm³/mol. The second kappa shape index (κ2) is 6.10. The lowest BCUT2D eigenvalue weighted by Gasteiger charge is -2.12. The molecule has 8 heteroatoms. The Morgan fingerprint density at radius 2 is 2.09 bits per heavy atom. The van der Waals surface area contributed by atoms with E-state index in [1.165, 1.54) is 6.26 Å². The molecule has 7 nitrogen and oxygen atoms in total. The van der Waals surface area contributed by atoms with Gasteiger partial charge in [-0.3, -0.25) is 4.79 Å². The minimum atomic E-state index is -0.378. The highest BCUT2D eigenvalue weighted by atomic mass is 79.9. The van der Waals surface area contributed by atoms with Crippen LogP contribution >= 0.6 is 15.9 Å². The zero-order valence-corrected chi connectivity index (χ0v) is 13.2. The third-order valence-corrected chi connectivity index (χ3v) is 3.57. The van der Waals surface area contributed by atoms with Crippen LogP contribution in [0.3, 0.4) is 0 Å². The van der Waals surface area contributed by atoms with Gasteiger partial charge in [-0.1, -0.05) is 15.9 Å². The van der Waals surface area contributed by atoms with Crippen LogP contribution in [-0.4, -0.2) is 26.1 Å². The Morgan fingerprint density at radius 1 is 1.32 bits per heavy atom. The predicted octanol–water partition coefficient (Wildman–Crippen LogP) is 2.51. The second-order valence-corrected chi connectivity index (χ2v) is 5.51. The number of carbonyl (C=O) groups excluding carboxylic acids is 1. The van der Waals surface area contributed by atoms with Crippen molar-refractivity contribution in [2.45, 2.75) is 13.0 Å². The fourth-order valence-corrected chi connectivity index (χ4v) is 2.23. The number of nitrogens with zero attached hydrogens (tertiary/aromatic N) is 4. The molecular formula is C14H12BrN5O2. The monoisotopic (exact) mass is 361 g/mol. The molecule has 0 spiro atoms. The number of carbonyl (C=O) groups is 1. The van der Waals surface area contributed by atoms with E-state index in [1.807, 2.05) is 31.2 Å². The molecule has 0 aliphatic heterocycles. The molecule has 3 aromatic rings. The van der Waals surface area contributed by atoms with Crippen LogP contribution in [0.25, 0.3) is 5.69 Å². The van der Waals surface area contributed by atoms with Crippen LogP contribution < -0.4 is 5.32 Å². The molecule has 2 heterocycles. The molecule has 0 saturated heterocycles. The topological polar surface area (TPSA) is 85.8 Å². The van der Waals surface area contributed by atoms with Gasteiger partial charge in [0, 0.05) is 4.47 Å². The summed E-state index contributed by atoms with van der Waals surface area (Å²) in [6, 6.07) is 10.4. The Kier molecular flexibility index (Phi) is 4.01. The van der Waals surface area contributed by atoms with Crippen LogP contribution in [0.2, 0.25) is 0 Å². The van der Waals surface area contributed by atoms with E-state index in [0.29, 0.717) is 5.82 Å². The Hall–Kier alpha value is -2.48. The number of hydrogen-bond acceptors (Lipinski definition) is 5. The number of hydrogen-bond donors (Lipinski definition) is 1. The lowest BCUT2D eigenvalue weighted by atomic mass is 10.2. The maximum Gasteiger partial charge on any atom is 0.287 e. The Labute approximate surface area is 134 Å². The third-order valence-electron chi connectivity index (χ3n) is 3.04. The van der Waals surface area contributed by atoms with Gasteiger partial charge < -0.3 is 9.73 Å². The first kappa shape index (κ1) is 14.5. The van der Waals surface area contributed by atoms with Gasteiger partial charge in [0.05, 0.1) is 18.0 Å². The molecule has 0 fully saturated rings. The van der Waals surface area contributed by atoms with E-state index in [-0.39, 0.29) is 17.7 Å². The van der Waals surface area contributed by atoms with Gasteiger partial charge in [0.25, 0.3) is 5.91 Å². The van der Waals surface area contributed by atoms with Crippen LogP contribution in [-0.2, 0) is 0 Å². The highest BCUT2D eigenvalue weighted by molar-refractivity contribution is 9.10. The Morgan fingerprint density at radius 3 is 2.77 bits per heavy atom. The van der Waals surface area contributed by atoms with Crippen molar-refractivity contribution < 1.29 is 9.21 Å². The maximum absolute atomic E-state index is 12.0. The van der Waals surface area contributed by atoms with Crippen molar-refractivity contribution in [1.29, 1.82) is 0 Å². The van der Waals surface area contributed by atoms with Crippen molar-refractivity contribution >= 4 is 21.8 Å². The first-order valence-electron chi connectivity index (χ1n) is 6.54. The van der Waals surface area contributed by atoms with Crippen molar-refractivity contribution in [3.63, 3.8) is 0 Å². The first-order valence-corrected chi connectivity index (χ1v) is 7.33. The van der Waals surface area contributed by atoms with Gasteiger partial charge in [0.15, 0.2) is 11.6 Å². The molecule has 1 amide bonds. The standard InChI is InChI=1S/C14H12BrN5O2/c1-9(16-14(21)12-3-2-8-22-12)13-17-18-19-20(13)11-6-4-10(15)5-7-11/h2-9H,1H3,(H,16,21). The average molecular weight is 362 g/mol. The van der Waals surface area contributed by atoms with E-state index in [4.69, 9.17) is 4.42 Å². The fourth-order valence-electron chi connectivity index (χ4n) is 1.97. The summed E-state index contributed by atoms with van der Waals surface area (Å²) >= 11 is 3.38. The van der Waals surface area contributed by atoms with Crippen molar-refractivity contribution in [2.24, 2.45) is 0 Å². The lowest BCUT2D eigenvalue weighted by molar-refractivity contribution is 0.0910. The minimum absolute atomic E-state index is 0.245. The van der Waals surface area contributed by atoms with Gasteiger partial charge in [-0.2, -0.15) is 4.68 Å². The summed E-state index contributed by atoms with van der Waals surface area (Å²) < 4.78 is 7.61. The number of aromatic nitrogens is 4. The number of amides is 1. The summed E-state index contributed by atoms with van der Waals surface area (Å²) in [4.78, 5) is 12.0. The van der Waals surface area contributed by atoms with Gasteiger partial charge in [-0.25, -0.2) is 0 Å². The second-order valence-electron chi connectivity index (χ2n) is 4.60. The lowest BCUT2D eigenvalue weighted by Crippen LogP contribution is -2.28. The first-order chi connectivity index (χ1) is 10.6. The number of halogens is 1. The van der Waals surface area contributed by atoms with Crippen molar-refractivity contribution in [3.8, 4) is 5.69 Å². The summed E-state index contributed by atoms with van der Waals surface area (Å²) in [7, 11) is 0. The number of tetrazole rings is 1. The summed E-state index contributed by atoms with van der Waals surface area (Å²) in [6.07, 6.45) is 1.45. The van der Waals surface area contributed by atoms with Gasteiger partial charge in [-0.15, -0.1) is 5.10 Å². The zero-order chi connectivity index (χ0) is 15.5. The molecule has 1 aromatic carbocycles. The van der Waals surface area contributed by atoms with Crippen molar-refractivity contribution in [3.05, 3.63) is 58.7 Å². The highest BCUT2D eigenvalue weighted by Gasteiger charge is 2.19. The van der Waals surface area contributed by atoms with E-state index in [1.54, 1.807) is 16.8 Å². The largest absolute Gasteiger partial charge is 0.459 e. The molecule has 1 atom stereocenters.